The molecule has 4 aromatic rings. The van der Waals surface area contributed by atoms with Crippen molar-refractivity contribution in [3.05, 3.63) is 42.6 Å². The van der Waals surface area contributed by atoms with Gasteiger partial charge >= 0.3 is 0 Å². The number of unbranched alkanes of at least 4 members (excludes halogenated alkanes) is 2. The Morgan fingerprint density at radius 1 is 0.735 bits per heavy atom. The molecule has 7 rings (SSSR count). The number of rotatable bonds is 12. The van der Waals surface area contributed by atoms with Crippen LogP contribution in [0.15, 0.2) is 42.6 Å². The Hall–Kier alpha value is -3.33. The largest absolute Gasteiger partial charge is 0.454 e. The second kappa shape index (κ2) is 15.7. The van der Waals surface area contributed by atoms with Gasteiger partial charge < -0.3 is 24.7 Å². The summed E-state index contributed by atoms with van der Waals surface area (Å²) in [5.41, 5.74) is 7.70. The first-order chi connectivity index (χ1) is 23.7. The Balaban J connectivity index is 0.000000170. The van der Waals surface area contributed by atoms with E-state index in [0.29, 0.717) is 0 Å². The average Bonchev–Trinajstić information content (AvgIpc) is 3.76. The number of aryl methyl sites for hydroxylation is 1. The lowest BCUT2D eigenvalue weighted by atomic mass is 9.94. The zero-order valence-corrected chi connectivity index (χ0v) is 30.9. The Kier molecular flexibility index (Phi) is 11.4. The second-order valence-electron chi connectivity index (χ2n) is 15.0. The first-order valence-corrected chi connectivity index (χ1v) is 18.8. The van der Waals surface area contributed by atoms with Crippen molar-refractivity contribution < 1.29 is 23.5 Å². The number of nitrogens with zero attached hydrogens (tertiary/aromatic N) is 3. The van der Waals surface area contributed by atoms with Gasteiger partial charge in [0.2, 0.25) is 19.1 Å². The maximum atomic E-state index is 6.61. The molecule has 49 heavy (non-hydrogen) atoms. The lowest BCUT2D eigenvalue weighted by Gasteiger charge is -2.46. The molecule has 4 heterocycles. The number of pyridine rings is 1. The number of aromatic nitrogens is 1. The number of ether oxygens (including phenoxy) is 4. The third kappa shape index (κ3) is 8.03. The standard InChI is InChI=1S/C21H45N3.C20H14NO4/c1-6-10-12-19(8-3)14-23-16-21(5,22)17-24(18-23)15-20(9-4)13-11-7-2;1-21-8-15-12(4-5-16-20(15)25-10-22-16)13-3-2-11-6-17-18(24-9-23-17)7-14(11)19(13)21/h19-20H,6-18,22H2,1-5H3;2-8H,9-10H2,1H3/q;+1. The van der Waals surface area contributed by atoms with Gasteiger partial charge in [-0.3, -0.25) is 9.80 Å². The SMILES string of the molecule is CCCCC(CC)CN1CN(CC(CC)CCCC)CC(C)(N)C1.C[n+]1cc2c3c(ccc2c2ccc4cc5c(cc4c21)OCO5)OCO3. The van der Waals surface area contributed by atoms with Gasteiger partial charge in [0.25, 0.3) is 0 Å². The van der Waals surface area contributed by atoms with Crippen LogP contribution in [0, 0.1) is 11.8 Å². The molecule has 1 saturated heterocycles. The predicted molar refractivity (Wildman–Crippen MR) is 200 cm³/mol. The highest BCUT2D eigenvalue weighted by Gasteiger charge is 2.33. The Bertz CT molecular complexity index is 1710. The fourth-order valence-corrected chi connectivity index (χ4v) is 8.17. The molecule has 2 unspecified atom stereocenters. The summed E-state index contributed by atoms with van der Waals surface area (Å²) < 4.78 is 24.4. The number of hydrogen-bond acceptors (Lipinski definition) is 7. The molecule has 3 aliphatic heterocycles. The van der Waals surface area contributed by atoms with Gasteiger partial charge in [0.1, 0.15) is 7.05 Å². The van der Waals surface area contributed by atoms with Gasteiger partial charge in [-0.05, 0) is 67.3 Å². The van der Waals surface area contributed by atoms with Gasteiger partial charge in [0.05, 0.1) is 22.8 Å². The van der Waals surface area contributed by atoms with Crippen molar-refractivity contribution >= 4 is 32.4 Å². The molecule has 0 saturated carbocycles. The third-order valence-electron chi connectivity index (χ3n) is 10.7. The Morgan fingerprint density at radius 3 is 1.96 bits per heavy atom. The van der Waals surface area contributed by atoms with Crippen LogP contribution in [-0.4, -0.2) is 61.8 Å². The maximum absolute atomic E-state index is 6.61. The van der Waals surface area contributed by atoms with E-state index < -0.39 is 0 Å². The fourth-order valence-electron chi connectivity index (χ4n) is 8.17. The molecule has 0 amide bonds. The van der Waals surface area contributed by atoms with E-state index in [-0.39, 0.29) is 19.1 Å². The van der Waals surface area contributed by atoms with E-state index in [9.17, 15) is 0 Å². The lowest BCUT2D eigenvalue weighted by molar-refractivity contribution is -0.642. The van der Waals surface area contributed by atoms with E-state index in [4.69, 9.17) is 24.7 Å². The van der Waals surface area contributed by atoms with Gasteiger partial charge in [0.15, 0.2) is 29.2 Å². The molecule has 3 aromatic carbocycles. The molecular formula is C41H59N4O4+. The minimum atomic E-state index is -0.0651. The summed E-state index contributed by atoms with van der Waals surface area (Å²) >= 11 is 0. The van der Waals surface area contributed by atoms with Crippen LogP contribution in [0.4, 0.5) is 0 Å². The van der Waals surface area contributed by atoms with E-state index in [2.05, 4.69) is 86.5 Å². The van der Waals surface area contributed by atoms with E-state index in [1.165, 1.54) is 69.8 Å². The summed E-state index contributed by atoms with van der Waals surface area (Å²) in [6.45, 7) is 17.8. The average molecular weight is 672 g/mol. The van der Waals surface area contributed by atoms with Crippen LogP contribution in [-0.2, 0) is 7.05 Å². The first-order valence-electron chi connectivity index (χ1n) is 18.8. The van der Waals surface area contributed by atoms with Crippen molar-refractivity contribution in [3.63, 3.8) is 0 Å². The van der Waals surface area contributed by atoms with Crippen molar-refractivity contribution in [1.82, 2.24) is 9.80 Å². The third-order valence-corrected chi connectivity index (χ3v) is 10.7. The summed E-state index contributed by atoms with van der Waals surface area (Å²) in [7, 11) is 2.06. The molecule has 3 aliphatic rings. The minimum absolute atomic E-state index is 0.0651. The van der Waals surface area contributed by atoms with Crippen LogP contribution in [0.25, 0.3) is 32.4 Å². The molecule has 2 N–H and O–H groups in total. The van der Waals surface area contributed by atoms with Crippen molar-refractivity contribution in [2.75, 3.05) is 46.4 Å². The molecule has 0 radical (unpaired) electrons. The molecule has 8 heteroatoms. The van der Waals surface area contributed by atoms with E-state index in [0.717, 1.165) is 81.7 Å². The molecule has 1 fully saturated rings. The highest BCUT2D eigenvalue weighted by molar-refractivity contribution is 6.15. The second-order valence-corrected chi connectivity index (χ2v) is 15.0. The molecule has 1 aromatic heterocycles. The quantitative estimate of drug-likeness (QED) is 0.120. The van der Waals surface area contributed by atoms with Crippen molar-refractivity contribution in [2.45, 2.75) is 91.5 Å². The first kappa shape index (κ1) is 35.5. The van der Waals surface area contributed by atoms with Crippen LogP contribution in [0.3, 0.4) is 0 Å². The molecule has 0 aliphatic carbocycles. The Morgan fingerprint density at radius 2 is 1.33 bits per heavy atom. The molecular weight excluding hydrogens is 612 g/mol. The van der Waals surface area contributed by atoms with E-state index >= 15 is 0 Å². The van der Waals surface area contributed by atoms with Gasteiger partial charge in [-0.2, -0.15) is 4.57 Å². The molecule has 2 atom stereocenters. The zero-order chi connectivity index (χ0) is 34.5. The van der Waals surface area contributed by atoms with Crippen molar-refractivity contribution in [3.8, 4) is 23.0 Å². The fraction of sp³-hybridized carbons (Fsp3) is 0.585. The van der Waals surface area contributed by atoms with Gasteiger partial charge in [-0.15, -0.1) is 0 Å². The van der Waals surface area contributed by atoms with E-state index in [1.807, 2.05) is 12.1 Å². The Labute approximate surface area is 293 Å². The highest BCUT2D eigenvalue weighted by Crippen LogP contribution is 2.43. The van der Waals surface area contributed by atoms with Crippen LogP contribution in [0.5, 0.6) is 23.0 Å². The minimum Gasteiger partial charge on any atom is -0.454 e. The zero-order valence-electron chi connectivity index (χ0n) is 30.9. The van der Waals surface area contributed by atoms with Crippen LogP contribution in [0.2, 0.25) is 0 Å². The summed E-state index contributed by atoms with van der Waals surface area (Å²) in [5.74, 6) is 4.90. The topological polar surface area (TPSA) is 73.3 Å². The maximum Gasteiger partial charge on any atom is 0.231 e. The van der Waals surface area contributed by atoms with Crippen molar-refractivity contribution in [1.29, 1.82) is 0 Å². The molecule has 266 valence electrons. The summed E-state index contributed by atoms with van der Waals surface area (Å²) in [6.07, 6.45) is 12.8. The number of hydrogen-bond donors (Lipinski definition) is 1. The van der Waals surface area contributed by atoms with Crippen molar-refractivity contribution in [2.24, 2.45) is 24.6 Å². The van der Waals surface area contributed by atoms with Gasteiger partial charge in [-0.1, -0.05) is 72.3 Å². The smallest absolute Gasteiger partial charge is 0.231 e. The van der Waals surface area contributed by atoms with Crippen LogP contribution >= 0.6 is 0 Å². The summed E-state index contributed by atoms with van der Waals surface area (Å²) in [4.78, 5) is 5.28. The normalized spacial score (nSPS) is 20.1. The number of nitrogens with two attached hydrogens (primary N) is 1. The molecule has 0 bridgehead atoms. The van der Waals surface area contributed by atoms with Crippen LogP contribution < -0.4 is 29.2 Å². The summed E-state index contributed by atoms with van der Waals surface area (Å²) in [6, 6.07) is 12.5. The molecule has 0 spiro atoms. The molecule has 8 nitrogen and oxygen atoms in total. The number of benzene rings is 3. The lowest BCUT2D eigenvalue weighted by Crippen LogP contribution is -2.63. The van der Waals surface area contributed by atoms with Gasteiger partial charge in [0, 0.05) is 37.1 Å². The predicted octanol–water partition coefficient (Wildman–Crippen LogP) is 8.14. The number of fused-ring (bicyclic) bond motifs is 8. The van der Waals surface area contributed by atoms with Crippen LogP contribution in [0.1, 0.15) is 86.0 Å². The monoisotopic (exact) mass is 671 g/mol. The highest BCUT2D eigenvalue weighted by atomic mass is 16.7. The summed E-state index contributed by atoms with van der Waals surface area (Å²) in [5, 5.41) is 5.66. The van der Waals surface area contributed by atoms with Gasteiger partial charge in [-0.25, -0.2) is 0 Å². The van der Waals surface area contributed by atoms with E-state index in [1.54, 1.807) is 0 Å².